The predicted octanol–water partition coefficient (Wildman–Crippen LogP) is 3.01. The number of carbonyl (C=O) groups excluding carboxylic acids is 1. The Hall–Kier alpha value is -0.940. The van der Waals surface area contributed by atoms with Crippen molar-refractivity contribution in [2.75, 3.05) is 13.6 Å². The van der Waals surface area contributed by atoms with Crippen LogP contribution in [0.1, 0.15) is 34.1 Å². The van der Waals surface area contributed by atoms with Crippen molar-refractivity contribution < 1.29 is 18.0 Å². The summed E-state index contributed by atoms with van der Waals surface area (Å²) in [5.41, 5.74) is -1.78. The minimum atomic E-state index is -4.25. The number of carbonyl (C=O) groups is 1. The van der Waals surface area contributed by atoms with Crippen LogP contribution in [0.4, 0.5) is 18.0 Å². The molecule has 0 heterocycles. The Kier molecular flexibility index (Phi) is 5.29. The summed E-state index contributed by atoms with van der Waals surface area (Å²) in [5, 5.41) is 2.48. The van der Waals surface area contributed by atoms with Crippen molar-refractivity contribution in [2.24, 2.45) is 5.41 Å². The second-order valence-corrected chi connectivity index (χ2v) is 5.07. The lowest BCUT2D eigenvalue weighted by atomic mass is 9.89. The lowest BCUT2D eigenvalue weighted by Crippen LogP contribution is -2.43. The molecule has 102 valence electrons. The van der Waals surface area contributed by atoms with E-state index in [1.165, 1.54) is 4.90 Å². The average molecular weight is 254 g/mol. The summed E-state index contributed by atoms with van der Waals surface area (Å²) < 4.78 is 37.6. The summed E-state index contributed by atoms with van der Waals surface area (Å²) in [4.78, 5) is 12.9. The van der Waals surface area contributed by atoms with Crippen LogP contribution in [-0.4, -0.2) is 36.7 Å². The third-order valence-electron chi connectivity index (χ3n) is 2.89. The van der Waals surface area contributed by atoms with Gasteiger partial charge in [-0.1, -0.05) is 13.8 Å². The van der Waals surface area contributed by atoms with Crippen LogP contribution in [0.5, 0.6) is 0 Å². The molecule has 0 aliphatic heterocycles. The Balaban J connectivity index is 4.13. The van der Waals surface area contributed by atoms with Gasteiger partial charge in [-0.3, -0.25) is 0 Å². The van der Waals surface area contributed by atoms with E-state index in [9.17, 15) is 18.0 Å². The van der Waals surface area contributed by atoms with E-state index in [0.29, 0.717) is 0 Å². The highest BCUT2D eigenvalue weighted by molar-refractivity contribution is 5.74. The highest BCUT2D eigenvalue weighted by atomic mass is 19.4. The van der Waals surface area contributed by atoms with Gasteiger partial charge in [-0.25, -0.2) is 4.79 Å². The first-order valence-corrected chi connectivity index (χ1v) is 5.56. The van der Waals surface area contributed by atoms with E-state index in [4.69, 9.17) is 0 Å². The molecule has 0 aromatic heterocycles. The Morgan fingerprint density at radius 3 is 2.12 bits per heavy atom. The fourth-order valence-electron chi connectivity index (χ4n) is 0.983. The molecular weight excluding hydrogens is 233 g/mol. The molecule has 2 amide bonds. The summed E-state index contributed by atoms with van der Waals surface area (Å²) in [6.45, 7) is 5.94. The van der Waals surface area contributed by atoms with Crippen molar-refractivity contribution in [3.63, 3.8) is 0 Å². The number of nitrogens with one attached hydrogen (secondary N) is 1. The van der Waals surface area contributed by atoms with Gasteiger partial charge >= 0.3 is 12.2 Å². The predicted molar refractivity (Wildman–Crippen MR) is 60.8 cm³/mol. The van der Waals surface area contributed by atoms with Crippen LogP contribution >= 0.6 is 0 Å². The van der Waals surface area contributed by atoms with Gasteiger partial charge in [0.05, 0.1) is 5.41 Å². The molecular formula is C11H21F3N2O. The van der Waals surface area contributed by atoms with Gasteiger partial charge in [-0.15, -0.1) is 0 Å². The zero-order chi connectivity index (χ0) is 13.9. The molecule has 0 saturated carbocycles. The quantitative estimate of drug-likeness (QED) is 0.821. The molecule has 0 radical (unpaired) electrons. The molecule has 6 heteroatoms. The third-order valence-corrected chi connectivity index (χ3v) is 2.89. The van der Waals surface area contributed by atoms with Crippen LogP contribution < -0.4 is 5.32 Å². The summed E-state index contributed by atoms with van der Waals surface area (Å²) in [5.74, 6) is 0. The SMILES string of the molecule is CC(C)N(C)C(=O)NCCC(C)(C)C(F)(F)F. The monoisotopic (exact) mass is 254 g/mol. The molecule has 3 nitrogen and oxygen atoms in total. The lowest BCUT2D eigenvalue weighted by Gasteiger charge is -2.28. The fourth-order valence-corrected chi connectivity index (χ4v) is 0.983. The van der Waals surface area contributed by atoms with Gasteiger partial charge in [0.25, 0.3) is 0 Å². The molecule has 0 saturated heterocycles. The average Bonchev–Trinajstić information content (AvgIpc) is 2.14. The number of hydrogen-bond donors (Lipinski definition) is 1. The molecule has 0 unspecified atom stereocenters. The first-order chi connectivity index (χ1) is 7.49. The molecule has 0 rings (SSSR count). The largest absolute Gasteiger partial charge is 0.394 e. The number of hydrogen-bond acceptors (Lipinski definition) is 1. The van der Waals surface area contributed by atoms with Crippen molar-refractivity contribution in [3.05, 3.63) is 0 Å². The first-order valence-electron chi connectivity index (χ1n) is 5.56. The van der Waals surface area contributed by atoms with Crippen LogP contribution in [0.2, 0.25) is 0 Å². The topological polar surface area (TPSA) is 32.3 Å². The van der Waals surface area contributed by atoms with Crippen LogP contribution in [0, 0.1) is 5.41 Å². The van der Waals surface area contributed by atoms with E-state index in [2.05, 4.69) is 5.32 Å². The summed E-state index contributed by atoms with van der Waals surface area (Å²) in [6.07, 6.45) is -4.38. The van der Waals surface area contributed by atoms with Gasteiger partial charge in [-0.05, 0) is 20.3 Å². The Bertz CT molecular complexity index is 262. The van der Waals surface area contributed by atoms with Crippen LogP contribution in [-0.2, 0) is 0 Å². The van der Waals surface area contributed by atoms with Gasteiger partial charge < -0.3 is 10.2 Å². The summed E-state index contributed by atoms with van der Waals surface area (Å²) in [7, 11) is 1.61. The molecule has 17 heavy (non-hydrogen) atoms. The molecule has 0 aromatic rings. The lowest BCUT2D eigenvalue weighted by molar-refractivity contribution is -0.213. The number of halogens is 3. The minimum Gasteiger partial charge on any atom is -0.338 e. The van der Waals surface area contributed by atoms with Crippen molar-refractivity contribution in [3.8, 4) is 0 Å². The molecule has 1 N–H and O–H groups in total. The van der Waals surface area contributed by atoms with Crippen LogP contribution in [0.3, 0.4) is 0 Å². The van der Waals surface area contributed by atoms with Crippen molar-refractivity contribution >= 4 is 6.03 Å². The molecule has 0 aliphatic rings. The number of alkyl halides is 3. The Morgan fingerprint density at radius 1 is 1.29 bits per heavy atom. The third kappa shape index (κ3) is 4.83. The summed E-state index contributed by atoms with van der Waals surface area (Å²) >= 11 is 0. The molecule has 0 bridgehead atoms. The summed E-state index contributed by atoms with van der Waals surface area (Å²) in [6, 6.07) is -0.330. The second-order valence-electron chi connectivity index (χ2n) is 5.07. The van der Waals surface area contributed by atoms with E-state index in [0.717, 1.165) is 13.8 Å². The van der Waals surface area contributed by atoms with Crippen molar-refractivity contribution in [2.45, 2.75) is 46.3 Å². The second kappa shape index (κ2) is 5.60. The molecule has 0 spiro atoms. The maximum atomic E-state index is 12.5. The maximum absolute atomic E-state index is 12.5. The highest BCUT2D eigenvalue weighted by Crippen LogP contribution is 2.39. The molecule has 0 fully saturated rings. The zero-order valence-electron chi connectivity index (χ0n) is 11.0. The minimum absolute atomic E-state index is 0.0163. The van der Waals surface area contributed by atoms with E-state index < -0.39 is 11.6 Å². The van der Waals surface area contributed by atoms with Gasteiger partial charge in [-0.2, -0.15) is 13.2 Å². The van der Waals surface area contributed by atoms with E-state index in [-0.39, 0.29) is 25.0 Å². The van der Waals surface area contributed by atoms with Gasteiger partial charge in [0, 0.05) is 19.6 Å². The van der Waals surface area contributed by atoms with E-state index >= 15 is 0 Å². The van der Waals surface area contributed by atoms with E-state index in [1.54, 1.807) is 7.05 Å². The van der Waals surface area contributed by atoms with Gasteiger partial charge in [0.1, 0.15) is 0 Å². The highest BCUT2D eigenvalue weighted by Gasteiger charge is 2.46. The number of nitrogens with zero attached hydrogens (tertiary/aromatic N) is 1. The standard InChI is InChI=1S/C11H21F3N2O/c1-8(2)16(5)9(17)15-7-6-10(3,4)11(12,13)14/h8H,6-7H2,1-5H3,(H,15,17). The van der Waals surface area contributed by atoms with Crippen molar-refractivity contribution in [1.82, 2.24) is 10.2 Å². The normalized spacial score (nSPS) is 12.8. The smallest absolute Gasteiger partial charge is 0.338 e. The fraction of sp³-hybridized carbons (Fsp3) is 0.909. The van der Waals surface area contributed by atoms with Crippen LogP contribution in [0.25, 0.3) is 0 Å². The molecule has 0 atom stereocenters. The Labute approximate surface area is 100 Å². The van der Waals surface area contributed by atoms with E-state index in [1.807, 2.05) is 13.8 Å². The number of rotatable bonds is 4. The molecule has 0 aromatic carbocycles. The van der Waals surface area contributed by atoms with Gasteiger partial charge in [0.15, 0.2) is 0 Å². The maximum Gasteiger partial charge on any atom is 0.394 e. The van der Waals surface area contributed by atoms with Crippen LogP contribution in [0.15, 0.2) is 0 Å². The first kappa shape index (κ1) is 16.1. The molecule has 0 aliphatic carbocycles. The van der Waals surface area contributed by atoms with Gasteiger partial charge in [0.2, 0.25) is 0 Å². The number of amides is 2. The van der Waals surface area contributed by atoms with Crippen molar-refractivity contribution in [1.29, 1.82) is 0 Å². The number of urea groups is 1. The Morgan fingerprint density at radius 2 is 1.76 bits per heavy atom. The zero-order valence-corrected chi connectivity index (χ0v) is 11.0.